The van der Waals surface area contributed by atoms with Crippen molar-refractivity contribution in [2.75, 3.05) is 13.2 Å². The Morgan fingerprint density at radius 2 is 1.70 bits per heavy atom. The number of carbonyl (C=O) groups excluding carboxylic acids is 2. The molecule has 0 radical (unpaired) electrons. The zero-order valence-corrected chi connectivity index (χ0v) is 14.8. The SMILES string of the molecule is CCOC(=O)Cc1ccc(CCNC(=O)c2cccc(C(F)(F)F)c2)cc1. The summed E-state index contributed by atoms with van der Waals surface area (Å²) in [5, 5.41) is 2.61. The van der Waals surface area contributed by atoms with Crippen molar-refractivity contribution in [2.45, 2.75) is 25.9 Å². The molecule has 0 aliphatic rings. The lowest BCUT2D eigenvalue weighted by atomic mass is 10.1. The van der Waals surface area contributed by atoms with Crippen molar-refractivity contribution < 1.29 is 27.5 Å². The van der Waals surface area contributed by atoms with Crippen molar-refractivity contribution in [3.63, 3.8) is 0 Å². The zero-order valence-electron chi connectivity index (χ0n) is 14.8. The highest BCUT2D eigenvalue weighted by Crippen LogP contribution is 2.29. The number of ether oxygens (including phenoxy) is 1. The second-order valence-corrected chi connectivity index (χ2v) is 5.88. The third-order valence-corrected chi connectivity index (χ3v) is 3.83. The maximum Gasteiger partial charge on any atom is 0.416 e. The molecule has 2 aromatic carbocycles. The second-order valence-electron chi connectivity index (χ2n) is 5.88. The Labute approximate surface area is 155 Å². The van der Waals surface area contributed by atoms with E-state index in [1.807, 2.05) is 12.1 Å². The van der Waals surface area contributed by atoms with Crippen molar-refractivity contribution in [3.05, 3.63) is 70.8 Å². The number of amides is 1. The van der Waals surface area contributed by atoms with Gasteiger partial charge in [-0.3, -0.25) is 9.59 Å². The molecule has 0 aromatic heterocycles. The first-order valence-electron chi connectivity index (χ1n) is 8.48. The molecule has 0 spiro atoms. The average molecular weight is 379 g/mol. The highest BCUT2D eigenvalue weighted by molar-refractivity contribution is 5.94. The van der Waals surface area contributed by atoms with Crippen molar-refractivity contribution >= 4 is 11.9 Å². The highest BCUT2D eigenvalue weighted by atomic mass is 19.4. The fourth-order valence-electron chi connectivity index (χ4n) is 2.46. The van der Waals surface area contributed by atoms with Gasteiger partial charge in [0, 0.05) is 12.1 Å². The molecule has 0 saturated carbocycles. The molecular formula is C20H20F3NO3. The van der Waals surface area contributed by atoms with Gasteiger partial charge in [-0.15, -0.1) is 0 Å². The minimum atomic E-state index is -4.48. The largest absolute Gasteiger partial charge is 0.466 e. The van der Waals surface area contributed by atoms with Crippen molar-refractivity contribution in [1.82, 2.24) is 5.32 Å². The van der Waals surface area contributed by atoms with Crippen LogP contribution in [0, 0.1) is 0 Å². The summed E-state index contributed by atoms with van der Waals surface area (Å²) in [5.74, 6) is -0.848. The van der Waals surface area contributed by atoms with Gasteiger partial charge in [-0.2, -0.15) is 13.2 Å². The van der Waals surface area contributed by atoms with Gasteiger partial charge >= 0.3 is 12.1 Å². The van der Waals surface area contributed by atoms with Gasteiger partial charge in [-0.1, -0.05) is 30.3 Å². The fourth-order valence-corrected chi connectivity index (χ4v) is 2.46. The zero-order chi connectivity index (χ0) is 19.9. The Hall–Kier alpha value is -2.83. The Morgan fingerprint density at radius 3 is 2.33 bits per heavy atom. The van der Waals surface area contributed by atoms with Gasteiger partial charge < -0.3 is 10.1 Å². The van der Waals surface area contributed by atoms with Crippen LogP contribution < -0.4 is 5.32 Å². The topological polar surface area (TPSA) is 55.4 Å². The van der Waals surface area contributed by atoms with E-state index in [-0.39, 0.29) is 24.5 Å². The molecule has 2 rings (SSSR count). The Kier molecular flexibility index (Phi) is 6.98. The molecule has 0 saturated heterocycles. The summed E-state index contributed by atoms with van der Waals surface area (Å²) in [6.45, 7) is 2.36. The predicted octanol–water partition coefficient (Wildman–Crippen LogP) is 3.78. The molecule has 2 aromatic rings. The van der Waals surface area contributed by atoms with Crippen molar-refractivity contribution in [2.24, 2.45) is 0 Å². The van der Waals surface area contributed by atoms with E-state index in [4.69, 9.17) is 4.74 Å². The van der Waals surface area contributed by atoms with E-state index in [1.54, 1.807) is 19.1 Å². The number of rotatable bonds is 7. The minimum Gasteiger partial charge on any atom is -0.466 e. The van der Waals surface area contributed by atoms with Gasteiger partial charge in [0.05, 0.1) is 18.6 Å². The highest BCUT2D eigenvalue weighted by Gasteiger charge is 2.30. The molecule has 0 atom stereocenters. The number of benzene rings is 2. The van der Waals surface area contributed by atoms with Crippen LogP contribution in [0.25, 0.3) is 0 Å². The van der Waals surface area contributed by atoms with Gasteiger partial charge in [0.25, 0.3) is 5.91 Å². The number of carbonyl (C=O) groups is 2. The summed E-state index contributed by atoms with van der Waals surface area (Å²) in [4.78, 5) is 23.4. The van der Waals surface area contributed by atoms with E-state index in [0.717, 1.165) is 23.3 Å². The van der Waals surface area contributed by atoms with Crippen LogP contribution in [-0.2, 0) is 28.5 Å². The van der Waals surface area contributed by atoms with Gasteiger partial charge in [-0.25, -0.2) is 0 Å². The molecule has 1 N–H and O–H groups in total. The summed E-state index contributed by atoms with van der Waals surface area (Å²) in [5.41, 5.74) is 0.874. The Balaban J connectivity index is 1.85. The summed E-state index contributed by atoms with van der Waals surface area (Å²) < 4.78 is 43.0. The van der Waals surface area contributed by atoms with E-state index in [1.165, 1.54) is 12.1 Å². The van der Waals surface area contributed by atoms with E-state index in [0.29, 0.717) is 13.0 Å². The van der Waals surface area contributed by atoms with Crippen LogP contribution in [0.4, 0.5) is 13.2 Å². The quantitative estimate of drug-likeness (QED) is 0.745. The predicted molar refractivity (Wildman–Crippen MR) is 94.3 cm³/mol. The molecule has 0 bridgehead atoms. The van der Waals surface area contributed by atoms with Gasteiger partial charge in [0.2, 0.25) is 0 Å². The monoisotopic (exact) mass is 379 g/mol. The number of alkyl halides is 3. The molecule has 7 heteroatoms. The summed E-state index contributed by atoms with van der Waals surface area (Å²) in [6, 6.07) is 11.6. The van der Waals surface area contributed by atoms with Crippen LogP contribution in [0.15, 0.2) is 48.5 Å². The average Bonchev–Trinajstić information content (AvgIpc) is 2.62. The lowest BCUT2D eigenvalue weighted by Gasteiger charge is -2.09. The summed E-state index contributed by atoms with van der Waals surface area (Å²) >= 11 is 0. The molecule has 4 nitrogen and oxygen atoms in total. The second kappa shape index (κ2) is 9.21. The van der Waals surface area contributed by atoms with Gasteiger partial charge in [-0.05, 0) is 42.7 Å². The minimum absolute atomic E-state index is 0.0328. The smallest absolute Gasteiger partial charge is 0.416 e. The normalized spacial score (nSPS) is 11.1. The summed E-state index contributed by atoms with van der Waals surface area (Å²) in [6.07, 6.45) is -3.77. The fraction of sp³-hybridized carbons (Fsp3) is 0.300. The maximum atomic E-state index is 12.7. The van der Waals surface area contributed by atoms with E-state index >= 15 is 0 Å². The molecule has 1 amide bonds. The number of hydrogen-bond donors (Lipinski definition) is 1. The third-order valence-electron chi connectivity index (χ3n) is 3.83. The molecule has 27 heavy (non-hydrogen) atoms. The molecule has 0 fully saturated rings. The van der Waals surface area contributed by atoms with Crippen LogP contribution in [0.1, 0.15) is 34.0 Å². The Morgan fingerprint density at radius 1 is 1.04 bits per heavy atom. The standard InChI is InChI=1S/C20H20F3NO3/c1-2-27-18(25)12-15-8-6-14(7-9-15)10-11-24-19(26)16-4-3-5-17(13-16)20(21,22)23/h3-9,13H,2,10-12H2,1H3,(H,24,26). The molecule has 144 valence electrons. The summed E-state index contributed by atoms with van der Waals surface area (Å²) in [7, 11) is 0. The van der Waals surface area contributed by atoms with Gasteiger partial charge in [0.15, 0.2) is 0 Å². The third kappa shape index (κ3) is 6.44. The van der Waals surface area contributed by atoms with E-state index < -0.39 is 17.6 Å². The van der Waals surface area contributed by atoms with Crippen LogP contribution in [0.2, 0.25) is 0 Å². The van der Waals surface area contributed by atoms with Crippen molar-refractivity contribution in [1.29, 1.82) is 0 Å². The Bertz CT molecular complexity index is 786. The molecule has 0 unspecified atom stereocenters. The first-order chi connectivity index (χ1) is 12.8. The molecular weight excluding hydrogens is 359 g/mol. The van der Waals surface area contributed by atoms with Crippen molar-refractivity contribution in [3.8, 4) is 0 Å². The molecule has 0 aliphatic heterocycles. The van der Waals surface area contributed by atoms with Crippen LogP contribution in [-0.4, -0.2) is 25.0 Å². The van der Waals surface area contributed by atoms with Gasteiger partial charge in [0.1, 0.15) is 0 Å². The van der Waals surface area contributed by atoms with Crippen LogP contribution in [0.5, 0.6) is 0 Å². The molecule has 0 heterocycles. The number of esters is 1. The number of nitrogens with one attached hydrogen (secondary N) is 1. The lowest BCUT2D eigenvalue weighted by molar-refractivity contribution is -0.142. The van der Waals surface area contributed by atoms with Crippen LogP contribution in [0.3, 0.4) is 0 Å². The molecule has 0 aliphatic carbocycles. The first-order valence-corrected chi connectivity index (χ1v) is 8.48. The maximum absolute atomic E-state index is 12.7. The number of halogens is 3. The van der Waals surface area contributed by atoms with Crippen LogP contribution >= 0.6 is 0 Å². The lowest BCUT2D eigenvalue weighted by Crippen LogP contribution is -2.26. The first kappa shape index (κ1) is 20.5. The van der Waals surface area contributed by atoms with E-state index in [2.05, 4.69) is 5.32 Å². The number of hydrogen-bond acceptors (Lipinski definition) is 3. The van der Waals surface area contributed by atoms with E-state index in [9.17, 15) is 22.8 Å².